The molecule has 6 heteroatoms. The lowest BCUT2D eigenvalue weighted by Crippen LogP contribution is -2.54. The highest BCUT2D eigenvalue weighted by atomic mass is 16.6. The molecule has 0 aliphatic carbocycles. The van der Waals surface area contributed by atoms with Crippen molar-refractivity contribution >= 4 is 11.9 Å². The quantitative estimate of drug-likeness (QED) is 0.535. The zero-order chi connectivity index (χ0) is 12.1. The molecule has 1 saturated heterocycles. The number of rotatable bonds is 2. The van der Waals surface area contributed by atoms with Crippen molar-refractivity contribution in [1.82, 2.24) is 5.32 Å². The average molecular weight is 226 g/mol. The van der Waals surface area contributed by atoms with Crippen molar-refractivity contribution < 1.29 is 19.1 Å². The fourth-order valence-electron chi connectivity index (χ4n) is 1.63. The number of amides is 1. The number of nitrogens with one attached hydrogen (secondary N) is 1. The molecular formula is C10H14N2O4. The van der Waals surface area contributed by atoms with Gasteiger partial charge >= 0.3 is 12.2 Å². The van der Waals surface area contributed by atoms with E-state index in [9.17, 15) is 9.59 Å². The van der Waals surface area contributed by atoms with Crippen LogP contribution in [-0.2, 0) is 19.1 Å². The Balaban J connectivity index is 2.74. The summed E-state index contributed by atoms with van der Waals surface area (Å²) in [6.45, 7) is 9.95. The lowest BCUT2D eigenvalue weighted by Gasteiger charge is -2.31. The van der Waals surface area contributed by atoms with Crippen LogP contribution in [0, 0.1) is 6.57 Å². The Morgan fingerprint density at radius 3 is 2.69 bits per heavy atom. The van der Waals surface area contributed by atoms with Crippen molar-refractivity contribution in [1.29, 1.82) is 0 Å². The molecular weight excluding hydrogens is 212 g/mol. The molecule has 3 atom stereocenters. The van der Waals surface area contributed by atoms with Crippen molar-refractivity contribution in [3.05, 3.63) is 11.4 Å². The molecule has 1 rings (SSSR count). The highest BCUT2D eigenvalue weighted by molar-refractivity contribution is 5.73. The highest BCUT2D eigenvalue weighted by Crippen LogP contribution is 2.19. The first-order chi connectivity index (χ1) is 7.54. The normalized spacial score (nSPS) is 28.9. The van der Waals surface area contributed by atoms with Gasteiger partial charge in [-0.2, -0.15) is 0 Å². The summed E-state index contributed by atoms with van der Waals surface area (Å²) < 4.78 is 10.3. The second-order valence-corrected chi connectivity index (χ2v) is 3.55. The molecule has 0 aromatic heterocycles. The third kappa shape index (κ3) is 3.21. The standard InChI is InChI=1S/C10H14N2O4/c1-6(13)12-9-8(16-7(2)14)4-5-15-10(9)11-3/h8-10H,4-5H2,1-2H3,(H,12,13)/t8-,9+,10+/m0/s1. The number of carbonyl (C=O) groups excluding carboxylic acids is 2. The monoisotopic (exact) mass is 226 g/mol. The molecule has 0 spiro atoms. The first-order valence-electron chi connectivity index (χ1n) is 4.97. The Morgan fingerprint density at radius 1 is 1.50 bits per heavy atom. The van der Waals surface area contributed by atoms with Gasteiger partial charge in [0, 0.05) is 20.3 Å². The van der Waals surface area contributed by atoms with Crippen molar-refractivity contribution in [2.24, 2.45) is 0 Å². The van der Waals surface area contributed by atoms with Gasteiger partial charge in [0.05, 0.1) is 6.61 Å². The zero-order valence-electron chi connectivity index (χ0n) is 9.23. The van der Waals surface area contributed by atoms with E-state index in [1.807, 2.05) is 0 Å². The second-order valence-electron chi connectivity index (χ2n) is 3.55. The van der Waals surface area contributed by atoms with Gasteiger partial charge < -0.3 is 14.8 Å². The third-order valence-corrected chi connectivity index (χ3v) is 2.21. The predicted octanol–water partition coefficient (Wildman–Crippen LogP) is 0.0885. The summed E-state index contributed by atoms with van der Waals surface area (Å²) in [6.07, 6.45) is -0.799. The van der Waals surface area contributed by atoms with Gasteiger partial charge in [-0.15, -0.1) is 0 Å². The van der Waals surface area contributed by atoms with Gasteiger partial charge in [0.15, 0.2) is 6.04 Å². The Bertz CT molecular complexity index is 323. The fourth-order valence-corrected chi connectivity index (χ4v) is 1.63. The van der Waals surface area contributed by atoms with Crippen LogP contribution >= 0.6 is 0 Å². The molecule has 0 unspecified atom stereocenters. The third-order valence-electron chi connectivity index (χ3n) is 2.21. The van der Waals surface area contributed by atoms with E-state index >= 15 is 0 Å². The Morgan fingerprint density at radius 2 is 2.19 bits per heavy atom. The molecule has 0 bridgehead atoms. The number of ether oxygens (including phenoxy) is 2. The van der Waals surface area contributed by atoms with Crippen molar-refractivity contribution in [2.45, 2.75) is 38.6 Å². The van der Waals surface area contributed by atoms with Crippen LogP contribution in [0.15, 0.2) is 0 Å². The maximum atomic E-state index is 11.0. The molecule has 6 nitrogen and oxygen atoms in total. The topological polar surface area (TPSA) is 69.0 Å². The lowest BCUT2D eigenvalue weighted by atomic mass is 10.0. The first-order valence-corrected chi connectivity index (χ1v) is 4.97. The molecule has 1 N–H and O–H groups in total. The number of nitrogens with zero attached hydrogens (tertiary/aromatic N) is 1. The van der Waals surface area contributed by atoms with E-state index in [0.29, 0.717) is 13.0 Å². The van der Waals surface area contributed by atoms with Crippen molar-refractivity contribution in [3.8, 4) is 0 Å². The van der Waals surface area contributed by atoms with E-state index in [4.69, 9.17) is 16.0 Å². The fraction of sp³-hybridized carbons (Fsp3) is 0.700. The minimum atomic E-state index is -0.790. The molecule has 1 aliphatic rings. The molecule has 1 heterocycles. The van der Waals surface area contributed by atoms with E-state index in [0.717, 1.165) is 0 Å². The zero-order valence-corrected chi connectivity index (χ0v) is 9.23. The van der Waals surface area contributed by atoms with Crippen LogP contribution in [0.25, 0.3) is 4.85 Å². The molecule has 0 aromatic carbocycles. The van der Waals surface area contributed by atoms with Crippen LogP contribution in [-0.4, -0.2) is 36.9 Å². The summed E-state index contributed by atoms with van der Waals surface area (Å²) in [7, 11) is 0. The van der Waals surface area contributed by atoms with Gasteiger partial charge in [0.25, 0.3) is 0 Å². The molecule has 0 aromatic rings. The molecule has 0 radical (unpaired) electrons. The van der Waals surface area contributed by atoms with Gasteiger partial charge in [-0.3, -0.25) is 14.4 Å². The summed E-state index contributed by atoms with van der Waals surface area (Å²) >= 11 is 0. The Kier molecular flexibility index (Phi) is 4.26. The van der Waals surface area contributed by atoms with E-state index in [-0.39, 0.29) is 5.91 Å². The second kappa shape index (κ2) is 5.47. The highest BCUT2D eigenvalue weighted by Gasteiger charge is 2.41. The lowest BCUT2D eigenvalue weighted by molar-refractivity contribution is -0.157. The molecule has 1 amide bonds. The van der Waals surface area contributed by atoms with Crippen LogP contribution in [0.5, 0.6) is 0 Å². The summed E-state index contributed by atoms with van der Waals surface area (Å²) in [4.78, 5) is 25.1. The Hall–Kier alpha value is -1.61. The average Bonchev–Trinajstić information content (AvgIpc) is 2.19. The SMILES string of the molecule is [C-]#[N+][C@@H]1OCC[C@H](OC(C)=O)[C@H]1NC(C)=O. The smallest absolute Gasteiger partial charge is 0.351 e. The van der Waals surface area contributed by atoms with Crippen molar-refractivity contribution in [2.75, 3.05) is 6.61 Å². The minimum absolute atomic E-state index is 0.277. The predicted molar refractivity (Wildman–Crippen MR) is 54.1 cm³/mol. The molecule has 1 aliphatic heterocycles. The van der Waals surface area contributed by atoms with Crippen LogP contribution in [0.1, 0.15) is 20.3 Å². The maximum Gasteiger partial charge on any atom is 0.351 e. The van der Waals surface area contributed by atoms with Gasteiger partial charge in [-0.1, -0.05) is 0 Å². The summed E-state index contributed by atoms with van der Waals surface area (Å²) in [5.74, 6) is -0.702. The van der Waals surface area contributed by atoms with E-state index in [1.165, 1.54) is 13.8 Å². The number of carbonyl (C=O) groups is 2. The molecule has 0 saturated carbocycles. The van der Waals surface area contributed by atoms with Crippen LogP contribution in [0.3, 0.4) is 0 Å². The van der Waals surface area contributed by atoms with Crippen LogP contribution in [0.4, 0.5) is 0 Å². The van der Waals surface area contributed by atoms with Crippen LogP contribution in [0.2, 0.25) is 0 Å². The largest absolute Gasteiger partial charge is 0.460 e. The molecule has 16 heavy (non-hydrogen) atoms. The van der Waals surface area contributed by atoms with E-state index in [1.54, 1.807) is 0 Å². The maximum absolute atomic E-state index is 11.0. The number of hydrogen-bond donors (Lipinski definition) is 1. The van der Waals surface area contributed by atoms with E-state index < -0.39 is 24.3 Å². The van der Waals surface area contributed by atoms with Gasteiger partial charge in [0.2, 0.25) is 5.91 Å². The van der Waals surface area contributed by atoms with E-state index in [2.05, 4.69) is 10.2 Å². The van der Waals surface area contributed by atoms with Gasteiger partial charge in [-0.25, -0.2) is 6.57 Å². The number of esters is 1. The molecule has 1 fully saturated rings. The van der Waals surface area contributed by atoms with Gasteiger partial charge in [0.1, 0.15) is 6.10 Å². The summed E-state index contributed by atoms with van der Waals surface area (Å²) in [5.41, 5.74) is 0. The van der Waals surface area contributed by atoms with Crippen LogP contribution < -0.4 is 5.32 Å². The molecule has 88 valence electrons. The number of hydrogen-bond acceptors (Lipinski definition) is 4. The first kappa shape index (κ1) is 12.5. The van der Waals surface area contributed by atoms with Crippen molar-refractivity contribution in [3.63, 3.8) is 0 Å². The minimum Gasteiger partial charge on any atom is -0.460 e. The summed E-state index contributed by atoms with van der Waals surface area (Å²) in [6, 6.07) is -0.590. The summed E-state index contributed by atoms with van der Waals surface area (Å²) in [5, 5.41) is 2.58. The van der Waals surface area contributed by atoms with Gasteiger partial charge in [-0.05, 0) is 0 Å². The Labute approximate surface area is 93.7 Å².